The van der Waals surface area contributed by atoms with Gasteiger partial charge < -0.3 is 20.3 Å². The maximum absolute atomic E-state index is 9.92. The second-order valence-corrected chi connectivity index (χ2v) is 6.13. The zero-order valence-electron chi connectivity index (χ0n) is 12.4. The molecule has 0 bridgehead atoms. The molecule has 21 heavy (non-hydrogen) atoms. The Morgan fingerprint density at radius 3 is 2.52 bits per heavy atom. The lowest BCUT2D eigenvalue weighted by Crippen LogP contribution is -2.41. The standard InChI is InChI=1S/C15H23Cl2NO3/c1-10(2)15(5-6-19)18-8-11(20)9-21-12-3-4-13(16)14(17)7-12/h3-4,7,10-11,15,18-20H,5-6,8-9H2,1-2H3. The lowest BCUT2D eigenvalue weighted by molar-refractivity contribution is 0.0995. The Morgan fingerprint density at radius 1 is 1.24 bits per heavy atom. The number of rotatable bonds is 9. The molecule has 1 aromatic carbocycles. The first-order valence-corrected chi connectivity index (χ1v) is 7.79. The minimum Gasteiger partial charge on any atom is -0.491 e. The fourth-order valence-electron chi connectivity index (χ4n) is 1.92. The minimum absolute atomic E-state index is 0.131. The van der Waals surface area contributed by atoms with Crippen LogP contribution in [-0.4, -0.2) is 42.1 Å². The van der Waals surface area contributed by atoms with Gasteiger partial charge in [-0.15, -0.1) is 0 Å². The molecule has 3 N–H and O–H groups in total. The van der Waals surface area contributed by atoms with E-state index < -0.39 is 6.10 Å². The molecular weight excluding hydrogens is 313 g/mol. The predicted molar refractivity (Wildman–Crippen MR) is 86.3 cm³/mol. The molecule has 0 aliphatic carbocycles. The van der Waals surface area contributed by atoms with Crippen molar-refractivity contribution in [2.45, 2.75) is 32.4 Å². The quantitative estimate of drug-likeness (QED) is 0.649. The first-order chi connectivity index (χ1) is 9.93. The van der Waals surface area contributed by atoms with E-state index in [0.29, 0.717) is 34.7 Å². The summed E-state index contributed by atoms with van der Waals surface area (Å²) in [4.78, 5) is 0. The number of aliphatic hydroxyl groups excluding tert-OH is 2. The van der Waals surface area contributed by atoms with Crippen LogP contribution in [0, 0.1) is 5.92 Å². The van der Waals surface area contributed by atoms with Gasteiger partial charge in [0.2, 0.25) is 0 Å². The number of aliphatic hydroxyl groups is 2. The highest BCUT2D eigenvalue weighted by molar-refractivity contribution is 6.42. The molecule has 2 atom stereocenters. The van der Waals surface area contributed by atoms with Crippen molar-refractivity contribution in [2.24, 2.45) is 5.92 Å². The average molecular weight is 336 g/mol. The molecule has 0 saturated carbocycles. The van der Waals surface area contributed by atoms with Gasteiger partial charge in [0.05, 0.1) is 10.0 Å². The molecule has 2 unspecified atom stereocenters. The SMILES string of the molecule is CC(C)C(CCO)NCC(O)COc1ccc(Cl)c(Cl)c1. The van der Waals surface area contributed by atoms with Crippen LogP contribution in [0.4, 0.5) is 0 Å². The smallest absolute Gasteiger partial charge is 0.121 e. The zero-order valence-corrected chi connectivity index (χ0v) is 13.9. The molecule has 4 nitrogen and oxygen atoms in total. The van der Waals surface area contributed by atoms with Crippen molar-refractivity contribution in [2.75, 3.05) is 19.8 Å². The molecule has 0 aromatic heterocycles. The van der Waals surface area contributed by atoms with Crippen molar-refractivity contribution in [3.8, 4) is 5.75 Å². The second-order valence-electron chi connectivity index (χ2n) is 5.31. The monoisotopic (exact) mass is 335 g/mol. The Balaban J connectivity index is 2.36. The van der Waals surface area contributed by atoms with Crippen LogP contribution in [0.3, 0.4) is 0 Å². The number of ether oxygens (including phenoxy) is 1. The molecule has 0 heterocycles. The van der Waals surface area contributed by atoms with Crippen LogP contribution in [0.2, 0.25) is 10.0 Å². The van der Waals surface area contributed by atoms with Crippen molar-refractivity contribution in [1.29, 1.82) is 0 Å². The third kappa shape index (κ3) is 6.85. The van der Waals surface area contributed by atoms with E-state index in [9.17, 15) is 5.11 Å². The Hall–Kier alpha value is -0.520. The van der Waals surface area contributed by atoms with E-state index in [4.69, 9.17) is 33.0 Å². The van der Waals surface area contributed by atoms with E-state index in [1.807, 2.05) is 0 Å². The highest BCUT2D eigenvalue weighted by Gasteiger charge is 2.14. The van der Waals surface area contributed by atoms with E-state index in [1.54, 1.807) is 18.2 Å². The average Bonchev–Trinajstić information content (AvgIpc) is 2.44. The first-order valence-electron chi connectivity index (χ1n) is 7.04. The molecule has 1 aromatic rings. The van der Waals surface area contributed by atoms with Crippen LogP contribution < -0.4 is 10.1 Å². The highest BCUT2D eigenvalue weighted by Crippen LogP contribution is 2.26. The van der Waals surface area contributed by atoms with Gasteiger partial charge in [-0.2, -0.15) is 0 Å². The summed E-state index contributed by atoms with van der Waals surface area (Å²) >= 11 is 11.7. The third-order valence-corrected chi connectivity index (χ3v) is 3.93. The van der Waals surface area contributed by atoms with Gasteiger partial charge in [-0.1, -0.05) is 37.0 Å². The van der Waals surface area contributed by atoms with Crippen LogP contribution in [0.15, 0.2) is 18.2 Å². The van der Waals surface area contributed by atoms with E-state index in [2.05, 4.69) is 19.2 Å². The number of halogens is 2. The highest BCUT2D eigenvalue weighted by atomic mass is 35.5. The summed E-state index contributed by atoms with van der Waals surface area (Å²) < 4.78 is 5.47. The van der Waals surface area contributed by atoms with Crippen molar-refractivity contribution in [3.63, 3.8) is 0 Å². The summed E-state index contributed by atoms with van der Waals surface area (Å²) in [5, 5.41) is 23.1. The maximum Gasteiger partial charge on any atom is 0.121 e. The van der Waals surface area contributed by atoms with Crippen LogP contribution in [0.5, 0.6) is 5.75 Å². The number of nitrogens with one attached hydrogen (secondary N) is 1. The van der Waals surface area contributed by atoms with E-state index in [0.717, 1.165) is 0 Å². The van der Waals surface area contributed by atoms with Crippen LogP contribution in [0.25, 0.3) is 0 Å². The van der Waals surface area contributed by atoms with Crippen LogP contribution >= 0.6 is 23.2 Å². The second kappa shape index (κ2) is 9.49. The van der Waals surface area contributed by atoms with Crippen molar-refractivity contribution < 1.29 is 14.9 Å². The normalized spacial score (nSPS) is 14.2. The third-order valence-electron chi connectivity index (χ3n) is 3.19. The van der Waals surface area contributed by atoms with Gasteiger partial charge in [0.1, 0.15) is 18.5 Å². The molecule has 0 saturated heterocycles. The van der Waals surface area contributed by atoms with Crippen LogP contribution in [0.1, 0.15) is 20.3 Å². The van der Waals surface area contributed by atoms with Gasteiger partial charge >= 0.3 is 0 Å². The molecule has 0 aliphatic heterocycles. The molecule has 120 valence electrons. The number of hydrogen-bond acceptors (Lipinski definition) is 4. The van der Waals surface area contributed by atoms with Gasteiger partial charge in [-0.05, 0) is 24.5 Å². The van der Waals surface area contributed by atoms with Gasteiger partial charge in [0.25, 0.3) is 0 Å². The van der Waals surface area contributed by atoms with E-state index in [1.165, 1.54) is 0 Å². The topological polar surface area (TPSA) is 61.7 Å². The molecule has 0 amide bonds. The lowest BCUT2D eigenvalue weighted by atomic mass is 10.0. The summed E-state index contributed by atoms with van der Waals surface area (Å²) in [7, 11) is 0. The van der Waals surface area contributed by atoms with Crippen molar-refractivity contribution in [1.82, 2.24) is 5.32 Å². The molecule has 1 rings (SSSR count). The summed E-state index contributed by atoms with van der Waals surface area (Å²) in [6.45, 7) is 4.85. The van der Waals surface area contributed by atoms with Gasteiger partial charge in [-0.3, -0.25) is 0 Å². The Morgan fingerprint density at radius 2 is 1.95 bits per heavy atom. The predicted octanol–water partition coefficient (Wildman–Crippen LogP) is 2.73. The molecule has 6 heteroatoms. The van der Waals surface area contributed by atoms with Gasteiger partial charge in [0, 0.05) is 25.3 Å². The Labute approximate surface area is 136 Å². The summed E-state index contributed by atoms with van der Waals surface area (Å²) in [6, 6.07) is 5.15. The largest absolute Gasteiger partial charge is 0.491 e. The Kier molecular flexibility index (Phi) is 8.37. The molecule has 0 radical (unpaired) electrons. The summed E-state index contributed by atoms with van der Waals surface area (Å²) in [6.07, 6.45) is 0.0253. The molecule has 0 spiro atoms. The van der Waals surface area contributed by atoms with Crippen molar-refractivity contribution >= 4 is 23.2 Å². The molecule has 0 fully saturated rings. The van der Waals surface area contributed by atoms with Gasteiger partial charge in [0.15, 0.2) is 0 Å². The molecule has 0 aliphatic rings. The summed E-state index contributed by atoms with van der Waals surface area (Å²) in [5.41, 5.74) is 0. The number of hydrogen-bond donors (Lipinski definition) is 3. The summed E-state index contributed by atoms with van der Waals surface area (Å²) in [5.74, 6) is 0.958. The van der Waals surface area contributed by atoms with E-state index in [-0.39, 0.29) is 19.3 Å². The van der Waals surface area contributed by atoms with Gasteiger partial charge in [-0.25, -0.2) is 0 Å². The number of benzene rings is 1. The van der Waals surface area contributed by atoms with Crippen molar-refractivity contribution in [3.05, 3.63) is 28.2 Å². The Bertz CT molecular complexity index is 429. The fourth-order valence-corrected chi connectivity index (χ4v) is 2.20. The lowest BCUT2D eigenvalue weighted by Gasteiger charge is -2.23. The zero-order chi connectivity index (χ0) is 15.8. The van der Waals surface area contributed by atoms with E-state index >= 15 is 0 Å². The maximum atomic E-state index is 9.92. The first kappa shape index (κ1) is 18.5. The minimum atomic E-state index is -0.639. The fraction of sp³-hybridized carbons (Fsp3) is 0.600. The molecular formula is C15H23Cl2NO3. The van der Waals surface area contributed by atoms with Crippen LogP contribution in [-0.2, 0) is 0 Å².